The van der Waals surface area contributed by atoms with E-state index in [0.717, 1.165) is 5.69 Å². The van der Waals surface area contributed by atoms with E-state index in [1.54, 1.807) is 10.9 Å². The van der Waals surface area contributed by atoms with Crippen LogP contribution in [0.3, 0.4) is 0 Å². The Morgan fingerprint density at radius 1 is 1.47 bits per heavy atom. The maximum atomic E-state index is 11.7. The number of rotatable bonds is 2. The number of hydrogen-bond acceptors (Lipinski definition) is 4. The third kappa shape index (κ3) is 2.71. The van der Waals surface area contributed by atoms with Crippen LogP contribution in [0.2, 0.25) is 0 Å². The molecule has 0 aromatic carbocycles. The fourth-order valence-electron chi connectivity index (χ4n) is 1.27. The number of amides is 1. The SMILES string of the molecule is CC(C)(C)c1cc(NC(=O)c2cscn2)n[nH]1. The van der Waals surface area contributed by atoms with Crippen molar-refractivity contribution in [2.75, 3.05) is 5.32 Å². The zero-order valence-corrected chi connectivity index (χ0v) is 10.8. The van der Waals surface area contributed by atoms with Gasteiger partial charge >= 0.3 is 0 Å². The predicted octanol–water partition coefficient (Wildman–Crippen LogP) is 2.42. The van der Waals surface area contributed by atoms with Gasteiger partial charge in [-0.15, -0.1) is 11.3 Å². The van der Waals surface area contributed by atoms with Crippen molar-refractivity contribution < 1.29 is 4.79 Å². The summed E-state index contributed by atoms with van der Waals surface area (Å²) in [5.41, 5.74) is 3.00. The Labute approximate surface area is 103 Å². The number of nitrogens with zero attached hydrogens (tertiary/aromatic N) is 2. The zero-order chi connectivity index (χ0) is 12.5. The monoisotopic (exact) mass is 250 g/mol. The average Bonchev–Trinajstić information content (AvgIpc) is 2.85. The van der Waals surface area contributed by atoms with E-state index in [-0.39, 0.29) is 11.3 Å². The Hall–Kier alpha value is -1.69. The quantitative estimate of drug-likeness (QED) is 0.859. The van der Waals surface area contributed by atoms with Gasteiger partial charge in [-0.2, -0.15) is 5.10 Å². The summed E-state index contributed by atoms with van der Waals surface area (Å²) < 4.78 is 0. The van der Waals surface area contributed by atoms with Gasteiger partial charge in [0.1, 0.15) is 5.69 Å². The highest BCUT2D eigenvalue weighted by Crippen LogP contribution is 2.22. The second-order valence-electron chi connectivity index (χ2n) is 4.74. The van der Waals surface area contributed by atoms with E-state index in [4.69, 9.17) is 0 Å². The minimum Gasteiger partial charge on any atom is -0.304 e. The molecule has 0 aliphatic carbocycles. The van der Waals surface area contributed by atoms with Gasteiger partial charge in [-0.05, 0) is 0 Å². The summed E-state index contributed by atoms with van der Waals surface area (Å²) in [6.45, 7) is 6.23. The molecule has 0 fully saturated rings. The number of H-pyrrole nitrogens is 1. The lowest BCUT2D eigenvalue weighted by molar-refractivity contribution is 0.102. The number of carbonyl (C=O) groups is 1. The molecule has 17 heavy (non-hydrogen) atoms. The molecular formula is C11H14N4OS. The van der Waals surface area contributed by atoms with Crippen molar-refractivity contribution >= 4 is 23.1 Å². The average molecular weight is 250 g/mol. The van der Waals surface area contributed by atoms with Crippen molar-refractivity contribution in [3.63, 3.8) is 0 Å². The van der Waals surface area contributed by atoms with Crippen LogP contribution in [0.15, 0.2) is 17.0 Å². The molecular weight excluding hydrogens is 236 g/mol. The molecule has 2 N–H and O–H groups in total. The highest BCUT2D eigenvalue weighted by Gasteiger charge is 2.17. The number of aromatic nitrogens is 3. The molecule has 0 saturated carbocycles. The van der Waals surface area contributed by atoms with Gasteiger partial charge in [0.25, 0.3) is 5.91 Å². The third-order valence-corrected chi connectivity index (χ3v) is 2.88. The van der Waals surface area contributed by atoms with E-state index in [0.29, 0.717) is 11.5 Å². The van der Waals surface area contributed by atoms with Crippen molar-refractivity contribution in [2.45, 2.75) is 26.2 Å². The van der Waals surface area contributed by atoms with Crippen molar-refractivity contribution in [1.82, 2.24) is 15.2 Å². The highest BCUT2D eigenvalue weighted by molar-refractivity contribution is 7.07. The first kappa shape index (κ1) is 11.8. The van der Waals surface area contributed by atoms with Crippen molar-refractivity contribution in [3.05, 3.63) is 28.3 Å². The summed E-state index contributed by atoms with van der Waals surface area (Å²) in [7, 11) is 0. The first-order valence-electron chi connectivity index (χ1n) is 5.22. The van der Waals surface area contributed by atoms with Gasteiger partial charge in [-0.25, -0.2) is 4.98 Å². The fourth-order valence-corrected chi connectivity index (χ4v) is 1.81. The molecule has 0 bridgehead atoms. The Morgan fingerprint density at radius 3 is 2.76 bits per heavy atom. The second-order valence-corrected chi connectivity index (χ2v) is 5.46. The standard InChI is InChI=1S/C11H14N4OS/c1-11(2,3)8-4-9(15-14-8)13-10(16)7-5-17-6-12-7/h4-6H,1-3H3,(H2,13,14,15,16). The van der Waals surface area contributed by atoms with E-state index in [2.05, 4.69) is 41.3 Å². The topological polar surface area (TPSA) is 70.7 Å². The summed E-state index contributed by atoms with van der Waals surface area (Å²) in [4.78, 5) is 15.6. The lowest BCUT2D eigenvalue weighted by Gasteiger charge is -2.14. The van der Waals surface area contributed by atoms with Crippen LogP contribution >= 0.6 is 11.3 Å². The van der Waals surface area contributed by atoms with E-state index in [1.807, 2.05) is 6.07 Å². The van der Waals surface area contributed by atoms with Crippen molar-refractivity contribution in [3.8, 4) is 0 Å². The molecule has 2 rings (SSSR count). The lowest BCUT2D eigenvalue weighted by atomic mass is 9.92. The maximum Gasteiger partial charge on any atom is 0.276 e. The van der Waals surface area contributed by atoms with Crippen LogP contribution in [0.25, 0.3) is 0 Å². The summed E-state index contributed by atoms with van der Waals surface area (Å²) in [6, 6.07) is 1.84. The number of hydrogen-bond donors (Lipinski definition) is 2. The van der Waals surface area contributed by atoms with Crippen LogP contribution < -0.4 is 5.32 Å². The van der Waals surface area contributed by atoms with Crippen LogP contribution in [0.4, 0.5) is 5.82 Å². The number of aromatic amines is 1. The highest BCUT2D eigenvalue weighted by atomic mass is 32.1. The van der Waals surface area contributed by atoms with E-state index < -0.39 is 0 Å². The van der Waals surface area contributed by atoms with E-state index >= 15 is 0 Å². The van der Waals surface area contributed by atoms with Crippen LogP contribution in [-0.2, 0) is 5.41 Å². The molecule has 0 saturated heterocycles. The van der Waals surface area contributed by atoms with E-state index in [1.165, 1.54) is 11.3 Å². The van der Waals surface area contributed by atoms with Crippen molar-refractivity contribution in [1.29, 1.82) is 0 Å². The summed E-state index contributed by atoms with van der Waals surface area (Å²) in [5, 5.41) is 11.4. The molecule has 2 heterocycles. The van der Waals surface area contributed by atoms with Gasteiger partial charge in [0.15, 0.2) is 5.82 Å². The molecule has 1 amide bonds. The van der Waals surface area contributed by atoms with E-state index in [9.17, 15) is 4.79 Å². The van der Waals surface area contributed by atoms with Crippen LogP contribution in [0, 0.1) is 0 Å². The summed E-state index contributed by atoms with van der Waals surface area (Å²) in [5.74, 6) is 0.283. The molecule has 6 heteroatoms. The first-order valence-corrected chi connectivity index (χ1v) is 6.16. The number of thiazole rings is 1. The smallest absolute Gasteiger partial charge is 0.276 e. The molecule has 2 aromatic heterocycles. The molecule has 5 nitrogen and oxygen atoms in total. The first-order chi connectivity index (χ1) is 7.97. The van der Waals surface area contributed by atoms with Crippen LogP contribution in [-0.4, -0.2) is 21.1 Å². The number of anilines is 1. The molecule has 2 aromatic rings. The number of nitrogens with one attached hydrogen (secondary N) is 2. The Balaban J connectivity index is 2.10. The molecule has 0 aliphatic rings. The minimum atomic E-state index is -0.238. The Morgan fingerprint density at radius 2 is 2.24 bits per heavy atom. The summed E-state index contributed by atoms with van der Waals surface area (Å²) >= 11 is 1.39. The van der Waals surface area contributed by atoms with Crippen LogP contribution in [0.5, 0.6) is 0 Å². The molecule has 0 atom stereocenters. The largest absolute Gasteiger partial charge is 0.304 e. The van der Waals surface area contributed by atoms with Crippen molar-refractivity contribution in [2.24, 2.45) is 0 Å². The second kappa shape index (κ2) is 4.29. The Bertz CT molecular complexity index is 510. The normalized spacial score (nSPS) is 11.5. The fraction of sp³-hybridized carbons (Fsp3) is 0.364. The lowest BCUT2D eigenvalue weighted by Crippen LogP contribution is -2.12. The zero-order valence-electron chi connectivity index (χ0n) is 9.94. The Kier molecular flexibility index (Phi) is 2.97. The maximum absolute atomic E-state index is 11.7. The van der Waals surface area contributed by atoms with Gasteiger partial charge in [0.2, 0.25) is 0 Å². The van der Waals surface area contributed by atoms with Crippen LogP contribution in [0.1, 0.15) is 37.0 Å². The molecule has 0 unspecified atom stereocenters. The minimum absolute atomic E-state index is 0.0173. The molecule has 90 valence electrons. The van der Waals surface area contributed by atoms with Gasteiger partial charge in [-0.3, -0.25) is 9.89 Å². The van der Waals surface area contributed by atoms with Gasteiger partial charge < -0.3 is 5.32 Å². The molecule has 0 spiro atoms. The number of carbonyl (C=O) groups excluding carboxylic acids is 1. The van der Waals surface area contributed by atoms with Gasteiger partial charge in [0, 0.05) is 22.6 Å². The molecule has 0 radical (unpaired) electrons. The summed E-state index contributed by atoms with van der Waals surface area (Å²) in [6.07, 6.45) is 0. The predicted molar refractivity (Wildman–Crippen MR) is 67.4 cm³/mol. The van der Waals surface area contributed by atoms with Gasteiger partial charge in [-0.1, -0.05) is 20.8 Å². The van der Waals surface area contributed by atoms with Gasteiger partial charge in [0.05, 0.1) is 5.51 Å². The third-order valence-electron chi connectivity index (χ3n) is 2.29. The molecule has 0 aliphatic heterocycles.